The van der Waals surface area contributed by atoms with Crippen LogP contribution in [0.1, 0.15) is 13.8 Å². The Morgan fingerprint density at radius 2 is 2.05 bits per heavy atom. The van der Waals surface area contributed by atoms with Crippen molar-refractivity contribution in [1.82, 2.24) is 0 Å². The van der Waals surface area contributed by atoms with Crippen LogP contribution in [0.3, 0.4) is 0 Å². The summed E-state index contributed by atoms with van der Waals surface area (Å²) in [5.74, 6) is -0.335. The van der Waals surface area contributed by atoms with E-state index in [0.717, 1.165) is 15.1 Å². The summed E-state index contributed by atoms with van der Waals surface area (Å²) in [5, 5.41) is 13.9. The van der Waals surface area contributed by atoms with Crippen LogP contribution < -0.4 is 10.7 Å². The summed E-state index contributed by atoms with van der Waals surface area (Å²) in [5.41, 5.74) is 0.372. The van der Waals surface area contributed by atoms with Gasteiger partial charge in [0.15, 0.2) is 0 Å². The number of hydrogen-bond acceptors (Lipinski definition) is 5. The zero-order valence-electron chi connectivity index (χ0n) is 12.9. The highest BCUT2D eigenvalue weighted by atomic mass is 32.1. The number of anilines is 1. The minimum atomic E-state index is -0.689. The summed E-state index contributed by atoms with van der Waals surface area (Å²) >= 11 is 1.46. The minimum Gasteiger partial charge on any atom is -0.433 e. The first kappa shape index (κ1) is 15.8. The predicted molar refractivity (Wildman–Crippen MR) is 90.3 cm³/mol. The third-order valence-electron chi connectivity index (χ3n) is 3.53. The van der Waals surface area contributed by atoms with Crippen molar-refractivity contribution < 1.29 is 18.7 Å². The van der Waals surface area contributed by atoms with Crippen molar-refractivity contribution in [2.45, 2.75) is 20.7 Å². The van der Waals surface area contributed by atoms with Gasteiger partial charge < -0.3 is 19.6 Å². The van der Waals surface area contributed by atoms with Crippen molar-refractivity contribution in [2.75, 3.05) is 18.4 Å². The second-order valence-electron chi connectivity index (χ2n) is 6.42. The van der Waals surface area contributed by atoms with Gasteiger partial charge in [0.2, 0.25) is 0 Å². The third kappa shape index (κ3) is 3.15. The molecule has 0 atom stereocenters. The fourth-order valence-electron chi connectivity index (χ4n) is 2.48. The first-order valence-corrected chi connectivity index (χ1v) is 8.07. The number of thiophene rings is 1. The fourth-order valence-corrected chi connectivity index (χ4v) is 3.54. The smallest absolute Gasteiger partial charge is 0.433 e. The number of rotatable bonds is 3. The molecule has 1 aliphatic rings. The van der Waals surface area contributed by atoms with Crippen LogP contribution >= 0.6 is 11.3 Å². The lowest BCUT2D eigenvalue weighted by molar-refractivity contribution is 0.0341. The van der Waals surface area contributed by atoms with E-state index in [1.54, 1.807) is 12.9 Å². The third-order valence-corrected chi connectivity index (χ3v) is 4.56. The first-order chi connectivity index (χ1) is 10.4. The molecular weight excluding hydrogens is 303 g/mol. The molecule has 1 aromatic carbocycles. The summed E-state index contributed by atoms with van der Waals surface area (Å²) < 4.78 is 26.7. The van der Waals surface area contributed by atoms with E-state index in [2.05, 4.69) is 19.1 Å². The Labute approximate surface area is 133 Å². The Morgan fingerprint density at radius 3 is 2.68 bits per heavy atom. The van der Waals surface area contributed by atoms with Gasteiger partial charge in [0.1, 0.15) is 5.82 Å². The Bertz CT molecular complexity index is 682. The molecule has 22 heavy (non-hydrogen) atoms. The highest BCUT2D eigenvalue weighted by Gasteiger charge is 2.36. The lowest BCUT2D eigenvalue weighted by Gasteiger charge is -2.33. The molecular formula is C14H18B2FNO3S. The highest BCUT2D eigenvalue weighted by molar-refractivity contribution is 7.23. The van der Waals surface area contributed by atoms with Crippen molar-refractivity contribution in [3.63, 3.8) is 0 Å². The van der Waals surface area contributed by atoms with Crippen LogP contribution in [-0.4, -0.2) is 32.4 Å². The molecule has 0 unspecified atom stereocenters. The van der Waals surface area contributed by atoms with Crippen molar-refractivity contribution in [1.29, 1.82) is 0 Å². The van der Waals surface area contributed by atoms with Crippen LogP contribution in [0.15, 0.2) is 18.2 Å². The number of benzene rings is 1. The summed E-state index contributed by atoms with van der Waals surface area (Å²) in [6, 6.07) is 5.00. The lowest BCUT2D eigenvalue weighted by atomic mass is 9.74. The van der Waals surface area contributed by atoms with Crippen LogP contribution in [-0.2, 0) is 9.31 Å². The molecule has 1 saturated heterocycles. The van der Waals surface area contributed by atoms with Gasteiger partial charge >= 0.3 is 14.2 Å². The van der Waals surface area contributed by atoms with E-state index in [-0.39, 0.29) is 11.2 Å². The monoisotopic (exact) mass is 321 g/mol. The zero-order chi connectivity index (χ0) is 15.9. The molecule has 1 aromatic heterocycles. The minimum absolute atomic E-state index is 0.0610. The van der Waals surface area contributed by atoms with E-state index in [9.17, 15) is 9.41 Å². The largest absolute Gasteiger partial charge is 0.497 e. The van der Waals surface area contributed by atoms with Crippen LogP contribution in [0.25, 0.3) is 10.1 Å². The van der Waals surface area contributed by atoms with Crippen molar-refractivity contribution >= 4 is 46.1 Å². The number of nitrogens with one attached hydrogen (secondary N) is 1. The summed E-state index contributed by atoms with van der Waals surface area (Å²) in [6.45, 7) is 6.79. The molecule has 0 spiro atoms. The van der Waals surface area contributed by atoms with E-state index >= 15 is 0 Å². The fraction of sp³-hybridized carbons (Fsp3) is 0.429. The summed E-state index contributed by atoms with van der Waals surface area (Å²) in [6.07, 6.45) is 0. The predicted octanol–water partition coefficient (Wildman–Crippen LogP) is 2.33. The van der Waals surface area contributed by atoms with E-state index in [1.807, 2.05) is 6.07 Å². The van der Waals surface area contributed by atoms with Gasteiger partial charge in [0, 0.05) is 28.8 Å². The molecule has 8 heteroatoms. The van der Waals surface area contributed by atoms with Gasteiger partial charge in [-0.15, -0.1) is 11.3 Å². The Balaban J connectivity index is 1.97. The molecule has 0 radical (unpaired) electrons. The SMILES string of the molecule is CB(O)Nc1cc2c(B3OCC(C)(C)CO3)c(F)ccc2s1. The van der Waals surface area contributed by atoms with Crippen molar-refractivity contribution in [2.24, 2.45) is 5.41 Å². The van der Waals surface area contributed by atoms with Crippen LogP contribution in [0, 0.1) is 11.2 Å². The average molecular weight is 321 g/mol. The van der Waals surface area contributed by atoms with Crippen LogP contribution in [0.2, 0.25) is 6.82 Å². The standard InChI is InChI=1S/C14H18B2FNO3S/c1-14(2)7-20-16(21-8-14)13-9-6-12(18-15(3)19)22-11(9)5-4-10(13)17/h4-6,18-19H,7-8H2,1-3H3. The normalized spacial score (nSPS) is 17.8. The van der Waals surface area contributed by atoms with Crippen LogP contribution in [0.5, 0.6) is 0 Å². The summed E-state index contributed by atoms with van der Waals surface area (Å²) in [7, 11) is -1.35. The maximum Gasteiger partial charge on any atom is 0.497 e. The quantitative estimate of drug-likeness (QED) is 0.852. The highest BCUT2D eigenvalue weighted by Crippen LogP contribution is 2.31. The molecule has 3 rings (SSSR count). The topological polar surface area (TPSA) is 50.7 Å². The van der Waals surface area contributed by atoms with Gasteiger partial charge in [-0.2, -0.15) is 0 Å². The van der Waals surface area contributed by atoms with Crippen molar-refractivity contribution in [3.8, 4) is 0 Å². The van der Waals surface area contributed by atoms with E-state index in [0.29, 0.717) is 18.7 Å². The molecule has 0 saturated carbocycles. The molecule has 0 aliphatic carbocycles. The Kier molecular flexibility index (Phi) is 4.20. The van der Waals surface area contributed by atoms with Gasteiger partial charge in [-0.3, -0.25) is 0 Å². The van der Waals surface area contributed by atoms with E-state index < -0.39 is 14.2 Å². The molecule has 0 amide bonds. The lowest BCUT2D eigenvalue weighted by Crippen LogP contribution is -2.48. The van der Waals surface area contributed by atoms with Gasteiger partial charge in [-0.1, -0.05) is 13.8 Å². The average Bonchev–Trinajstić information content (AvgIpc) is 2.81. The van der Waals surface area contributed by atoms with Crippen LogP contribution in [0.4, 0.5) is 9.39 Å². The second-order valence-corrected chi connectivity index (χ2v) is 7.51. The molecule has 1 aliphatic heterocycles. The number of hydrogen-bond donors (Lipinski definition) is 2. The maximum atomic E-state index is 14.3. The van der Waals surface area contributed by atoms with Crippen molar-refractivity contribution in [3.05, 3.63) is 24.0 Å². The van der Waals surface area contributed by atoms with E-state index in [4.69, 9.17) is 9.31 Å². The maximum absolute atomic E-state index is 14.3. The number of fused-ring (bicyclic) bond motifs is 1. The molecule has 4 nitrogen and oxygen atoms in total. The summed E-state index contributed by atoms with van der Waals surface area (Å²) in [4.78, 5) is 0. The molecule has 116 valence electrons. The molecule has 0 bridgehead atoms. The molecule has 2 heterocycles. The number of halogens is 1. The molecule has 2 N–H and O–H groups in total. The Morgan fingerprint density at radius 1 is 1.36 bits per heavy atom. The van der Waals surface area contributed by atoms with Gasteiger partial charge in [0.25, 0.3) is 0 Å². The molecule has 2 aromatic rings. The van der Waals surface area contributed by atoms with Gasteiger partial charge in [-0.25, -0.2) is 4.39 Å². The van der Waals surface area contributed by atoms with E-state index in [1.165, 1.54) is 17.4 Å². The van der Waals surface area contributed by atoms with Gasteiger partial charge in [0.05, 0.1) is 5.00 Å². The second kappa shape index (κ2) is 5.85. The molecule has 1 fully saturated rings. The van der Waals surface area contributed by atoms with Gasteiger partial charge in [-0.05, 0) is 30.4 Å². The first-order valence-electron chi connectivity index (χ1n) is 7.25. The zero-order valence-corrected chi connectivity index (χ0v) is 13.7. The Hall–Kier alpha value is -1.08.